The SMILES string of the molecule is CCn1c2cc(=O)ccc-2cc2c(=O)[nH]c(=O)[nH]c21. The van der Waals surface area contributed by atoms with Gasteiger partial charge < -0.3 is 4.57 Å². The second-order valence-corrected chi connectivity index (χ2v) is 4.28. The fraction of sp³-hybridized carbons (Fsp3) is 0.154. The number of aromatic nitrogens is 3. The second-order valence-electron chi connectivity index (χ2n) is 4.28. The summed E-state index contributed by atoms with van der Waals surface area (Å²) in [7, 11) is 0. The lowest BCUT2D eigenvalue weighted by atomic mass is 10.1. The maximum Gasteiger partial charge on any atom is 0.327 e. The Morgan fingerprint density at radius 1 is 1.11 bits per heavy atom. The minimum absolute atomic E-state index is 0.110. The van der Waals surface area contributed by atoms with Crippen molar-refractivity contribution in [3.05, 3.63) is 55.3 Å². The maximum absolute atomic E-state index is 11.8. The first-order valence-corrected chi connectivity index (χ1v) is 5.90. The summed E-state index contributed by atoms with van der Waals surface area (Å²) in [5.41, 5.74) is 0.803. The molecular weight excluding hydrogens is 246 g/mol. The molecule has 2 aliphatic rings. The molecule has 6 nitrogen and oxygen atoms in total. The molecule has 2 heterocycles. The molecule has 0 radical (unpaired) electrons. The number of hydrogen-bond acceptors (Lipinski definition) is 3. The summed E-state index contributed by atoms with van der Waals surface area (Å²) in [4.78, 5) is 39.5. The highest BCUT2D eigenvalue weighted by Crippen LogP contribution is 2.23. The molecule has 0 spiro atoms. The lowest BCUT2D eigenvalue weighted by Crippen LogP contribution is -2.25. The zero-order valence-electron chi connectivity index (χ0n) is 10.2. The van der Waals surface area contributed by atoms with E-state index in [0.29, 0.717) is 23.3 Å². The molecule has 2 N–H and O–H groups in total. The van der Waals surface area contributed by atoms with Gasteiger partial charge in [-0.05, 0) is 30.7 Å². The number of benzene rings is 1. The number of rotatable bonds is 1. The minimum Gasteiger partial charge on any atom is -0.327 e. The van der Waals surface area contributed by atoms with Crippen LogP contribution in [-0.4, -0.2) is 14.5 Å². The first-order valence-electron chi connectivity index (χ1n) is 5.90. The molecule has 96 valence electrons. The fourth-order valence-electron chi connectivity index (χ4n) is 2.31. The van der Waals surface area contributed by atoms with E-state index in [1.807, 2.05) is 6.92 Å². The molecular formula is C13H11N3O3. The van der Waals surface area contributed by atoms with Gasteiger partial charge in [-0.2, -0.15) is 0 Å². The number of aryl methyl sites for hydroxylation is 1. The van der Waals surface area contributed by atoms with Crippen molar-refractivity contribution in [1.82, 2.24) is 14.5 Å². The van der Waals surface area contributed by atoms with Gasteiger partial charge >= 0.3 is 5.69 Å². The topological polar surface area (TPSA) is 87.7 Å². The quantitative estimate of drug-likeness (QED) is 0.622. The van der Waals surface area contributed by atoms with Crippen molar-refractivity contribution in [2.45, 2.75) is 13.5 Å². The third-order valence-corrected chi connectivity index (χ3v) is 3.14. The van der Waals surface area contributed by atoms with Crippen LogP contribution >= 0.6 is 0 Å². The van der Waals surface area contributed by atoms with Gasteiger partial charge in [-0.15, -0.1) is 0 Å². The molecule has 0 unspecified atom stereocenters. The molecule has 1 aliphatic heterocycles. The molecule has 0 bridgehead atoms. The third kappa shape index (κ3) is 1.69. The first-order chi connectivity index (χ1) is 9.10. The van der Waals surface area contributed by atoms with E-state index >= 15 is 0 Å². The van der Waals surface area contributed by atoms with Crippen LogP contribution in [0.25, 0.3) is 22.3 Å². The Morgan fingerprint density at radius 2 is 1.89 bits per heavy atom. The van der Waals surface area contributed by atoms with Crippen molar-refractivity contribution in [3.63, 3.8) is 0 Å². The largest absolute Gasteiger partial charge is 0.327 e. The van der Waals surface area contributed by atoms with E-state index in [1.54, 1.807) is 16.7 Å². The highest BCUT2D eigenvalue weighted by atomic mass is 16.2. The summed E-state index contributed by atoms with van der Waals surface area (Å²) in [5.74, 6) is 0. The summed E-state index contributed by atoms with van der Waals surface area (Å²) in [6.45, 7) is 2.42. The smallest absolute Gasteiger partial charge is 0.327 e. The van der Waals surface area contributed by atoms with E-state index in [9.17, 15) is 14.4 Å². The minimum atomic E-state index is -0.558. The Hall–Kier alpha value is -2.63. The molecule has 0 saturated carbocycles. The Morgan fingerprint density at radius 3 is 2.63 bits per heavy atom. The molecule has 0 aromatic carbocycles. The first kappa shape index (κ1) is 11.5. The van der Waals surface area contributed by atoms with Crippen LogP contribution in [0.3, 0.4) is 0 Å². The van der Waals surface area contributed by atoms with E-state index < -0.39 is 11.2 Å². The summed E-state index contributed by atoms with van der Waals surface area (Å²) in [6, 6.07) is 6.30. The Kier molecular flexibility index (Phi) is 2.38. The number of nitrogens with zero attached hydrogens (tertiary/aromatic N) is 1. The molecule has 0 fully saturated rings. The van der Waals surface area contributed by atoms with Crippen molar-refractivity contribution in [1.29, 1.82) is 0 Å². The number of hydrogen-bond donors (Lipinski definition) is 2. The van der Waals surface area contributed by atoms with Crippen LogP contribution < -0.4 is 16.7 Å². The Labute approximate surface area is 106 Å². The molecule has 1 aliphatic carbocycles. The van der Waals surface area contributed by atoms with Gasteiger partial charge in [-0.3, -0.25) is 19.6 Å². The number of nitrogens with one attached hydrogen (secondary N) is 2. The molecule has 1 aromatic heterocycles. The molecule has 0 amide bonds. The van der Waals surface area contributed by atoms with Gasteiger partial charge in [0, 0.05) is 12.6 Å². The normalized spacial score (nSPS) is 11.2. The van der Waals surface area contributed by atoms with Gasteiger partial charge in [0.2, 0.25) is 0 Å². The maximum atomic E-state index is 11.8. The van der Waals surface area contributed by atoms with Crippen molar-refractivity contribution < 1.29 is 0 Å². The van der Waals surface area contributed by atoms with Crippen molar-refractivity contribution in [2.24, 2.45) is 0 Å². The standard InChI is InChI=1S/C13H11N3O3/c1-2-16-10-6-8(17)4-3-7(10)5-9-11(16)14-13(19)15-12(9)18/h3-6H,2H2,1H3,(H2,14,15,18,19). The van der Waals surface area contributed by atoms with Gasteiger partial charge in [0.1, 0.15) is 5.65 Å². The third-order valence-electron chi connectivity index (χ3n) is 3.14. The fourth-order valence-corrected chi connectivity index (χ4v) is 2.31. The number of pyridine rings is 1. The van der Waals surface area contributed by atoms with Crippen LogP contribution in [0.15, 0.2) is 38.6 Å². The van der Waals surface area contributed by atoms with E-state index in [-0.39, 0.29) is 5.43 Å². The molecule has 6 heteroatoms. The highest BCUT2D eigenvalue weighted by Gasteiger charge is 2.13. The van der Waals surface area contributed by atoms with E-state index in [4.69, 9.17) is 0 Å². The Balaban J connectivity index is 2.65. The average Bonchev–Trinajstić information content (AvgIpc) is 2.36. The number of fused-ring (bicyclic) bond motifs is 2. The van der Waals surface area contributed by atoms with Crippen molar-refractivity contribution in [3.8, 4) is 11.3 Å². The van der Waals surface area contributed by atoms with Crippen LogP contribution in [0.2, 0.25) is 0 Å². The highest BCUT2D eigenvalue weighted by molar-refractivity contribution is 5.82. The monoisotopic (exact) mass is 257 g/mol. The van der Waals surface area contributed by atoms with E-state index in [0.717, 1.165) is 5.56 Å². The van der Waals surface area contributed by atoms with Crippen LogP contribution in [0, 0.1) is 0 Å². The van der Waals surface area contributed by atoms with Gasteiger partial charge in [0.05, 0.1) is 11.1 Å². The van der Waals surface area contributed by atoms with Crippen LogP contribution in [0.4, 0.5) is 0 Å². The van der Waals surface area contributed by atoms with Crippen LogP contribution in [-0.2, 0) is 6.54 Å². The summed E-state index contributed by atoms with van der Waals surface area (Å²) in [5, 5.41) is 0.396. The van der Waals surface area contributed by atoms with Gasteiger partial charge in [0.15, 0.2) is 5.43 Å². The van der Waals surface area contributed by atoms with Gasteiger partial charge in [-0.1, -0.05) is 0 Å². The number of aromatic amines is 2. The van der Waals surface area contributed by atoms with Crippen LogP contribution in [0.1, 0.15) is 6.92 Å². The molecule has 1 aromatic rings. The zero-order valence-corrected chi connectivity index (χ0v) is 10.2. The second kappa shape index (κ2) is 3.94. The predicted octanol–water partition coefficient (Wildman–Crippen LogP) is 0.503. The molecule has 0 saturated heterocycles. The predicted molar refractivity (Wildman–Crippen MR) is 71.7 cm³/mol. The summed E-state index contributed by atoms with van der Waals surface area (Å²) >= 11 is 0. The average molecular weight is 257 g/mol. The van der Waals surface area contributed by atoms with Gasteiger partial charge in [0.25, 0.3) is 5.56 Å². The lowest BCUT2D eigenvalue weighted by Gasteiger charge is -2.16. The summed E-state index contributed by atoms with van der Waals surface area (Å²) in [6.07, 6.45) is 0. The molecule has 0 atom stereocenters. The van der Waals surface area contributed by atoms with E-state index in [2.05, 4.69) is 9.97 Å². The van der Waals surface area contributed by atoms with E-state index in [1.165, 1.54) is 12.1 Å². The van der Waals surface area contributed by atoms with Crippen LogP contribution in [0.5, 0.6) is 0 Å². The Bertz CT molecular complexity index is 917. The number of H-pyrrole nitrogens is 2. The van der Waals surface area contributed by atoms with Gasteiger partial charge in [-0.25, -0.2) is 4.79 Å². The molecule has 19 heavy (non-hydrogen) atoms. The lowest BCUT2D eigenvalue weighted by molar-refractivity contribution is 0.779. The van der Waals surface area contributed by atoms with Crippen molar-refractivity contribution in [2.75, 3.05) is 0 Å². The zero-order chi connectivity index (χ0) is 13.6. The summed E-state index contributed by atoms with van der Waals surface area (Å²) < 4.78 is 1.75. The molecule has 3 rings (SSSR count). The van der Waals surface area contributed by atoms with Crippen molar-refractivity contribution >= 4 is 11.0 Å².